The molecule has 0 radical (unpaired) electrons. The topological polar surface area (TPSA) is 0 Å². The second-order valence-corrected chi connectivity index (χ2v) is 8.45. The second kappa shape index (κ2) is 10.1. The zero-order valence-corrected chi connectivity index (χ0v) is 16.5. The quantitative estimate of drug-likeness (QED) is 0.399. The number of benzene rings is 2. The van der Waals surface area contributed by atoms with Crippen molar-refractivity contribution in [2.24, 2.45) is 11.8 Å². The monoisotopic (exact) mass is 354 g/mol. The third-order valence-corrected chi connectivity index (χ3v) is 6.39. The van der Waals surface area contributed by atoms with Gasteiger partial charge in [-0.25, -0.2) is 4.39 Å². The highest BCUT2D eigenvalue weighted by Crippen LogP contribution is 2.34. The predicted octanol–water partition coefficient (Wildman–Crippen LogP) is 8.08. The van der Waals surface area contributed by atoms with Crippen LogP contribution in [0.2, 0.25) is 0 Å². The number of aryl methyl sites for hydroxylation is 1. The molecule has 3 rings (SSSR count). The van der Waals surface area contributed by atoms with Crippen molar-refractivity contribution < 1.29 is 4.39 Å². The maximum Gasteiger partial charge on any atom is 0.123 e. The van der Waals surface area contributed by atoms with Gasteiger partial charge < -0.3 is 0 Å². The highest BCUT2D eigenvalue weighted by Gasteiger charge is 2.20. The Labute approximate surface area is 159 Å². The van der Waals surface area contributed by atoms with Crippen molar-refractivity contribution in [1.29, 1.82) is 0 Å². The molecule has 1 saturated carbocycles. The molecule has 2 aromatic rings. The summed E-state index contributed by atoms with van der Waals surface area (Å²) in [7, 11) is 0. The Morgan fingerprint density at radius 3 is 2.19 bits per heavy atom. The molecule has 1 heteroatoms. The van der Waals surface area contributed by atoms with Gasteiger partial charge in [0.25, 0.3) is 0 Å². The highest BCUT2D eigenvalue weighted by atomic mass is 19.1. The molecule has 0 nitrogen and oxygen atoms in total. The average molecular weight is 355 g/mol. The Morgan fingerprint density at radius 2 is 1.42 bits per heavy atom. The summed E-state index contributed by atoms with van der Waals surface area (Å²) in [6.45, 7) is 2.29. The van der Waals surface area contributed by atoms with Crippen molar-refractivity contribution in [2.75, 3.05) is 0 Å². The fourth-order valence-electron chi connectivity index (χ4n) is 4.64. The van der Waals surface area contributed by atoms with Crippen LogP contribution in [0.1, 0.15) is 83.1 Å². The summed E-state index contributed by atoms with van der Waals surface area (Å²) >= 11 is 0. The zero-order valence-electron chi connectivity index (χ0n) is 16.5. The Morgan fingerprint density at radius 1 is 0.769 bits per heavy atom. The number of fused-ring (bicyclic) bond motifs is 1. The lowest BCUT2D eigenvalue weighted by Gasteiger charge is -2.28. The van der Waals surface area contributed by atoms with E-state index in [4.69, 9.17) is 0 Å². The lowest BCUT2D eigenvalue weighted by atomic mass is 9.77. The van der Waals surface area contributed by atoms with Gasteiger partial charge >= 0.3 is 0 Å². The predicted molar refractivity (Wildman–Crippen MR) is 111 cm³/mol. The van der Waals surface area contributed by atoms with Crippen molar-refractivity contribution in [1.82, 2.24) is 0 Å². The maximum atomic E-state index is 13.3. The third kappa shape index (κ3) is 5.83. The van der Waals surface area contributed by atoms with Crippen LogP contribution in [-0.2, 0) is 6.42 Å². The summed E-state index contributed by atoms with van der Waals surface area (Å²) < 4.78 is 13.3. The summed E-state index contributed by atoms with van der Waals surface area (Å²) in [5.41, 5.74) is 1.40. The highest BCUT2D eigenvalue weighted by molar-refractivity contribution is 5.83. The lowest BCUT2D eigenvalue weighted by molar-refractivity contribution is 0.249. The molecular weight excluding hydrogens is 319 g/mol. The van der Waals surface area contributed by atoms with E-state index in [9.17, 15) is 4.39 Å². The van der Waals surface area contributed by atoms with Crippen LogP contribution in [0.3, 0.4) is 0 Å². The largest absolute Gasteiger partial charge is 0.207 e. The van der Waals surface area contributed by atoms with Gasteiger partial charge in [-0.1, -0.05) is 95.4 Å². The number of hydrogen-bond donors (Lipinski definition) is 0. The summed E-state index contributed by atoms with van der Waals surface area (Å²) in [5, 5.41) is 2.17. The smallest absolute Gasteiger partial charge is 0.123 e. The Bertz CT molecular complexity index is 667. The summed E-state index contributed by atoms with van der Waals surface area (Å²) in [4.78, 5) is 0. The molecule has 0 bridgehead atoms. The van der Waals surface area contributed by atoms with Crippen molar-refractivity contribution in [3.05, 3.63) is 47.8 Å². The van der Waals surface area contributed by atoms with E-state index in [1.165, 1.54) is 82.6 Å². The first-order valence-electron chi connectivity index (χ1n) is 10.9. The Kier molecular flexibility index (Phi) is 7.53. The van der Waals surface area contributed by atoms with Gasteiger partial charge in [0.15, 0.2) is 0 Å². The van der Waals surface area contributed by atoms with Crippen molar-refractivity contribution in [3.8, 4) is 0 Å². The van der Waals surface area contributed by atoms with Gasteiger partial charge in [0.05, 0.1) is 0 Å². The van der Waals surface area contributed by atoms with Crippen LogP contribution in [0.15, 0.2) is 36.4 Å². The van der Waals surface area contributed by atoms with Gasteiger partial charge in [-0.15, -0.1) is 0 Å². The molecule has 0 amide bonds. The standard InChI is InChI=1S/C25H35F/c1-2-3-4-5-6-7-20-8-10-21(11-9-20)12-13-22-14-15-24-19-25(26)17-16-23(24)18-22/h14-21H,2-13H2,1H3/t20-,21-. The van der Waals surface area contributed by atoms with Crippen LogP contribution >= 0.6 is 0 Å². The maximum absolute atomic E-state index is 13.3. The second-order valence-electron chi connectivity index (χ2n) is 8.45. The number of hydrogen-bond acceptors (Lipinski definition) is 0. The van der Waals surface area contributed by atoms with Crippen LogP contribution in [0.4, 0.5) is 4.39 Å². The van der Waals surface area contributed by atoms with E-state index >= 15 is 0 Å². The molecule has 1 fully saturated rings. The summed E-state index contributed by atoms with van der Waals surface area (Å²) in [6, 6.07) is 11.6. The normalized spacial score (nSPS) is 20.5. The van der Waals surface area contributed by atoms with Crippen LogP contribution < -0.4 is 0 Å². The number of halogens is 1. The number of unbranched alkanes of at least 4 members (excludes halogenated alkanes) is 4. The van der Waals surface area contributed by atoms with Crippen LogP contribution in [0.5, 0.6) is 0 Å². The molecule has 0 saturated heterocycles. The molecule has 2 aromatic carbocycles. The first-order valence-corrected chi connectivity index (χ1v) is 10.9. The fraction of sp³-hybridized carbons (Fsp3) is 0.600. The van der Waals surface area contributed by atoms with Gasteiger partial charge in [0, 0.05) is 0 Å². The van der Waals surface area contributed by atoms with Gasteiger partial charge in [0.2, 0.25) is 0 Å². The molecule has 0 aromatic heterocycles. The van der Waals surface area contributed by atoms with Gasteiger partial charge in [-0.05, 0) is 53.1 Å². The van der Waals surface area contributed by atoms with E-state index in [-0.39, 0.29) is 5.82 Å². The minimum absolute atomic E-state index is 0.146. The van der Waals surface area contributed by atoms with Crippen LogP contribution in [0.25, 0.3) is 10.8 Å². The van der Waals surface area contributed by atoms with E-state index in [2.05, 4.69) is 25.1 Å². The van der Waals surface area contributed by atoms with Crippen molar-refractivity contribution >= 4 is 10.8 Å². The average Bonchev–Trinajstić information content (AvgIpc) is 2.67. The van der Waals surface area contributed by atoms with Crippen molar-refractivity contribution in [2.45, 2.75) is 84.0 Å². The summed E-state index contributed by atoms with van der Waals surface area (Å²) in [6.07, 6.45) is 16.8. The third-order valence-electron chi connectivity index (χ3n) is 6.39. The molecule has 0 heterocycles. The Hall–Kier alpha value is -1.37. The molecule has 26 heavy (non-hydrogen) atoms. The molecule has 0 spiro atoms. The van der Waals surface area contributed by atoms with Crippen LogP contribution in [-0.4, -0.2) is 0 Å². The van der Waals surface area contributed by atoms with Gasteiger partial charge in [0.1, 0.15) is 5.82 Å². The van der Waals surface area contributed by atoms with Crippen molar-refractivity contribution in [3.63, 3.8) is 0 Å². The zero-order chi connectivity index (χ0) is 18.2. The first-order chi connectivity index (χ1) is 12.7. The van der Waals surface area contributed by atoms with E-state index in [1.54, 1.807) is 12.1 Å². The minimum atomic E-state index is -0.146. The van der Waals surface area contributed by atoms with E-state index < -0.39 is 0 Å². The van der Waals surface area contributed by atoms with E-state index in [0.717, 1.165) is 22.6 Å². The first kappa shape index (κ1) is 19.4. The SMILES string of the molecule is CCCCCCC[C@H]1CC[C@H](CCc2ccc3cc(F)ccc3c2)CC1. The molecular formula is C25H35F. The minimum Gasteiger partial charge on any atom is -0.207 e. The molecule has 1 aliphatic carbocycles. The van der Waals surface area contributed by atoms with E-state index in [0.29, 0.717) is 0 Å². The number of rotatable bonds is 9. The molecule has 142 valence electrons. The van der Waals surface area contributed by atoms with Gasteiger partial charge in [-0.2, -0.15) is 0 Å². The van der Waals surface area contributed by atoms with E-state index in [1.807, 2.05) is 6.07 Å². The Balaban J connectivity index is 1.38. The fourth-order valence-corrected chi connectivity index (χ4v) is 4.64. The lowest BCUT2D eigenvalue weighted by Crippen LogP contribution is -2.15. The molecule has 0 aliphatic heterocycles. The molecule has 1 aliphatic rings. The molecule has 0 unspecified atom stereocenters. The van der Waals surface area contributed by atoms with Gasteiger partial charge in [-0.3, -0.25) is 0 Å². The molecule has 0 atom stereocenters. The summed E-state index contributed by atoms with van der Waals surface area (Å²) in [5.74, 6) is 1.77. The van der Waals surface area contributed by atoms with Crippen LogP contribution in [0, 0.1) is 17.7 Å². The molecule has 0 N–H and O–H groups in total.